The van der Waals surface area contributed by atoms with Crippen molar-refractivity contribution in [2.24, 2.45) is 0 Å². The van der Waals surface area contributed by atoms with Gasteiger partial charge in [0.1, 0.15) is 0 Å². The first-order valence-corrected chi connectivity index (χ1v) is 8.40. The molecule has 2 rings (SSSR count). The third-order valence-electron chi connectivity index (χ3n) is 2.60. The quantitative estimate of drug-likeness (QED) is 0.875. The summed E-state index contributed by atoms with van der Waals surface area (Å²) in [7, 11) is -3.29. The predicted molar refractivity (Wildman–Crippen MR) is 79.3 cm³/mol. The molecule has 8 heteroatoms. The summed E-state index contributed by atoms with van der Waals surface area (Å²) in [6, 6.07) is 5.76. The van der Waals surface area contributed by atoms with E-state index >= 15 is 0 Å². The summed E-state index contributed by atoms with van der Waals surface area (Å²) in [5.74, 6) is -0.531. The van der Waals surface area contributed by atoms with Gasteiger partial charge in [-0.3, -0.25) is 10.1 Å². The van der Waals surface area contributed by atoms with E-state index in [-0.39, 0.29) is 15.6 Å². The lowest BCUT2D eigenvalue weighted by atomic mass is 10.1. The Balaban J connectivity index is 2.14. The van der Waals surface area contributed by atoms with Crippen LogP contribution in [0.15, 0.2) is 41.9 Å². The first-order valence-electron chi connectivity index (χ1n) is 5.69. The van der Waals surface area contributed by atoms with Gasteiger partial charge >= 0.3 is 0 Å². The Morgan fingerprint density at radius 2 is 1.95 bits per heavy atom. The van der Waals surface area contributed by atoms with Crippen molar-refractivity contribution in [3.63, 3.8) is 0 Å². The number of hydrogen-bond acceptors (Lipinski definition) is 5. The fourth-order valence-corrected chi connectivity index (χ4v) is 2.69. The van der Waals surface area contributed by atoms with E-state index in [1.54, 1.807) is 0 Å². The molecule has 0 aliphatic heterocycles. The fourth-order valence-electron chi connectivity index (χ4n) is 1.52. The summed E-state index contributed by atoms with van der Waals surface area (Å²) in [6.07, 6.45) is 2.10. The number of hydrogen-bond donors (Lipinski definition) is 1. The smallest absolute Gasteiger partial charge is 0.257 e. The van der Waals surface area contributed by atoms with Crippen molar-refractivity contribution >= 4 is 37.8 Å². The number of amides is 1. The lowest BCUT2D eigenvalue weighted by Gasteiger charge is -2.06. The molecule has 0 unspecified atom stereocenters. The number of nitrogens with zero attached hydrogens (tertiary/aromatic N) is 1. The summed E-state index contributed by atoms with van der Waals surface area (Å²) in [6.45, 7) is 3.64. The first-order chi connectivity index (χ1) is 9.77. The summed E-state index contributed by atoms with van der Waals surface area (Å²) in [4.78, 5) is 15.7. The molecule has 5 nitrogen and oxygen atoms in total. The molecular weight excluding hydrogens is 315 g/mol. The third kappa shape index (κ3) is 3.73. The first kappa shape index (κ1) is 15.3. The standard InChI is InChI=1S/C13H11FN2O3S2/c1-8(12(17)16-13-15-7-11(14)20-13)9-3-5-10(6-4-9)21(2,18)19/h3-7H,1H2,2H3,(H,15,16,17). The predicted octanol–water partition coefficient (Wildman–Crippen LogP) is 2.34. The van der Waals surface area contributed by atoms with Crippen molar-refractivity contribution in [1.29, 1.82) is 0 Å². The molecule has 0 atom stereocenters. The molecule has 1 amide bonds. The Morgan fingerprint density at radius 3 is 2.43 bits per heavy atom. The van der Waals surface area contributed by atoms with Gasteiger partial charge in [0.15, 0.2) is 20.1 Å². The topological polar surface area (TPSA) is 76.1 Å². The van der Waals surface area contributed by atoms with Crippen molar-refractivity contribution in [3.8, 4) is 0 Å². The van der Waals surface area contributed by atoms with Gasteiger partial charge in [-0.05, 0) is 17.7 Å². The molecule has 0 spiro atoms. The monoisotopic (exact) mass is 326 g/mol. The highest BCUT2D eigenvalue weighted by Gasteiger charge is 2.13. The van der Waals surface area contributed by atoms with E-state index < -0.39 is 20.9 Å². The zero-order valence-corrected chi connectivity index (χ0v) is 12.6. The summed E-state index contributed by atoms with van der Waals surface area (Å²) in [5, 5.41) is 2.04. The van der Waals surface area contributed by atoms with Crippen LogP contribution in [0.5, 0.6) is 0 Å². The molecule has 0 fully saturated rings. The lowest BCUT2D eigenvalue weighted by molar-refractivity contribution is -0.111. The molecule has 0 bridgehead atoms. The van der Waals surface area contributed by atoms with E-state index in [1.165, 1.54) is 24.3 Å². The van der Waals surface area contributed by atoms with Crippen molar-refractivity contribution in [2.45, 2.75) is 4.90 Å². The van der Waals surface area contributed by atoms with Crippen LogP contribution in [0.2, 0.25) is 0 Å². The van der Waals surface area contributed by atoms with Gasteiger partial charge in [-0.15, -0.1) is 0 Å². The largest absolute Gasteiger partial charge is 0.298 e. The van der Waals surface area contributed by atoms with Crippen LogP contribution in [0.1, 0.15) is 5.56 Å². The molecule has 1 aromatic carbocycles. The minimum Gasteiger partial charge on any atom is -0.298 e. The molecule has 110 valence electrons. The molecule has 0 aliphatic carbocycles. The van der Waals surface area contributed by atoms with Gasteiger partial charge in [-0.1, -0.05) is 30.0 Å². The minimum atomic E-state index is -3.29. The number of carbonyl (C=O) groups excluding carboxylic acids is 1. The van der Waals surface area contributed by atoms with E-state index in [9.17, 15) is 17.6 Å². The third-order valence-corrected chi connectivity index (χ3v) is 4.43. The van der Waals surface area contributed by atoms with Crippen LogP contribution in [-0.4, -0.2) is 25.6 Å². The van der Waals surface area contributed by atoms with Crippen LogP contribution in [0, 0.1) is 5.13 Å². The molecule has 1 aromatic heterocycles. The van der Waals surface area contributed by atoms with E-state index in [4.69, 9.17) is 0 Å². The average molecular weight is 326 g/mol. The Morgan fingerprint density at radius 1 is 1.33 bits per heavy atom. The van der Waals surface area contributed by atoms with Crippen molar-refractivity contribution in [2.75, 3.05) is 11.6 Å². The Hall–Kier alpha value is -2.06. The van der Waals surface area contributed by atoms with Crippen LogP contribution >= 0.6 is 11.3 Å². The van der Waals surface area contributed by atoms with Crippen molar-refractivity contribution in [3.05, 3.63) is 47.7 Å². The van der Waals surface area contributed by atoms with E-state index in [2.05, 4.69) is 16.9 Å². The molecule has 0 saturated heterocycles. The van der Waals surface area contributed by atoms with Crippen LogP contribution < -0.4 is 5.32 Å². The van der Waals surface area contributed by atoms with E-state index in [0.29, 0.717) is 16.9 Å². The van der Waals surface area contributed by atoms with E-state index in [0.717, 1.165) is 12.5 Å². The highest BCUT2D eigenvalue weighted by Crippen LogP contribution is 2.20. The Bertz CT molecular complexity index is 795. The van der Waals surface area contributed by atoms with Gasteiger partial charge in [-0.2, -0.15) is 4.39 Å². The average Bonchev–Trinajstić information content (AvgIpc) is 2.82. The van der Waals surface area contributed by atoms with Crippen LogP contribution in [-0.2, 0) is 14.6 Å². The highest BCUT2D eigenvalue weighted by molar-refractivity contribution is 7.90. The number of nitrogens with one attached hydrogen (secondary N) is 1. The summed E-state index contributed by atoms with van der Waals surface area (Å²) >= 11 is 0.704. The number of carbonyl (C=O) groups is 1. The number of benzene rings is 1. The second-order valence-corrected chi connectivity index (χ2v) is 7.20. The van der Waals surface area contributed by atoms with Gasteiger partial charge in [-0.25, -0.2) is 13.4 Å². The van der Waals surface area contributed by atoms with Gasteiger partial charge < -0.3 is 0 Å². The number of thiazole rings is 1. The number of halogens is 1. The SMILES string of the molecule is C=C(C(=O)Nc1ncc(F)s1)c1ccc(S(C)(=O)=O)cc1. The minimum absolute atomic E-state index is 0.130. The Labute approximate surface area is 125 Å². The summed E-state index contributed by atoms with van der Waals surface area (Å²) < 4.78 is 35.5. The maximum Gasteiger partial charge on any atom is 0.257 e. The van der Waals surface area contributed by atoms with Gasteiger partial charge in [0.2, 0.25) is 0 Å². The summed E-state index contributed by atoms with van der Waals surface area (Å²) in [5.41, 5.74) is 0.600. The molecule has 0 radical (unpaired) electrons. The molecule has 0 aliphatic rings. The molecule has 2 aromatic rings. The molecule has 1 N–H and O–H groups in total. The fraction of sp³-hybridized carbons (Fsp3) is 0.0769. The van der Waals surface area contributed by atoms with E-state index in [1.807, 2.05) is 0 Å². The second-order valence-electron chi connectivity index (χ2n) is 4.20. The lowest BCUT2D eigenvalue weighted by Crippen LogP contribution is -2.12. The second kappa shape index (κ2) is 5.74. The normalized spacial score (nSPS) is 11.1. The van der Waals surface area contributed by atoms with Gasteiger partial charge in [0.05, 0.1) is 11.1 Å². The zero-order valence-electron chi connectivity index (χ0n) is 11.0. The highest BCUT2D eigenvalue weighted by atomic mass is 32.2. The molecule has 1 heterocycles. The van der Waals surface area contributed by atoms with Crippen LogP contribution in [0.3, 0.4) is 0 Å². The van der Waals surface area contributed by atoms with Crippen molar-refractivity contribution < 1.29 is 17.6 Å². The molecular formula is C13H11FN2O3S2. The van der Waals surface area contributed by atoms with Crippen LogP contribution in [0.4, 0.5) is 9.52 Å². The number of sulfone groups is 1. The number of aromatic nitrogens is 1. The number of anilines is 1. The zero-order chi connectivity index (χ0) is 15.6. The molecule has 0 saturated carbocycles. The maximum atomic E-state index is 12.8. The van der Waals surface area contributed by atoms with Crippen molar-refractivity contribution in [1.82, 2.24) is 4.98 Å². The van der Waals surface area contributed by atoms with Gasteiger partial charge in [0.25, 0.3) is 5.91 Å². The maximum absolute atomic E-state index is 12.8. The van der Waals surface area contributed by atoms with Crippen LogP contribution in [0.25, 0.3) is 5.57 Å². The molecule has 21 heavy (non-hydrogen) atoms. The van der Waals surface area contributed by atoms with Gasteiger partial charge in [0, 0.05) is 11.8 Å². The Kier molecular flexibility index (Phi) is 4.19. The number of rotatable bonds is 4.